The van der Waals surface area contributed by atoms with Crippen molar-refractivity contribution in [2.45, 2.75) is 6.54 Å². The normalized spacial score (nSPS) is 10.1. The summed E-state index contributed by atoms with van der Waals surface area (Å²) in [4.78, 5) is 26.9. The van der Waals surface area contributed by atoms with E-state index in [1.165, 1.54) is 24.1 Å². The van der Waals surface area contributed by atoms with Gasteiger partial charge in [0.25, 0.3) is 0 Å². The Hall–Kier alpha value is -2.83. The van der Waals surface area contributed by atoms with Crippen molar-refractivity contribution in [1.82, 2.24) is 9.55 Å². The van der Waals surface area contributed by atoms with Crippen LogP contribution in [0.15, 0.2) is 41.5 Å². The highest BCUT2D eigenvalue weighted by molar-refractivity contribution is 5.92. The van der Waals surface area contributed by atoms with E-state index >= 15 is 0 Å². The van der Waals surface area contributed by atoms with Gasteiger partial charge in [0.2, 0.25) is 5.91 Å². The lowest BCUT2D eigenvalue weighted by atomic mass is 10.2. The lowest BCUT2D eigenvalue weighted by Crippen LogP contribution is -2.28. The number of nitrogens with zero attached hydrogens (tertiary/aromatic N) is 2. The predicted molar refractivity (Wildman–Crippen MR) is 74.5 cm³/mol. The van der Waals surface area contributed by atoms with Crippen LogP contribution in [0.1, 0.15) is 0 Å². The van der Waals surface area contributed by atoms with Gasteiger partial charge in [-0.05, 0) is 24.3 Å². The van der Waals surface area contributed by atoms with Crippen LogP contribution in [0.2, 0.25) is 0 Å². The van der Waals surface area contributed by atoms with E-state index in [0.717, 1.165) is 0 Å². The van der Waals surface area contributed by atoms with E-state index in [4.69, 9.17) is 10.5 Å². The molecule has 0 aliphatic heterocycles. The number of hydrogen-bond donors (Lipinski definition) is 2. The molecule has 0 aliphatic rings. The third-order valence-electron chi connectivity index (χ3n) is 2.59. The maximum Gasteiger partial charge on any atom is 0.347 e. The second-order valence-corrected chi connectivity index (χ2v) is 4.04. The van der Waals surface area contributed by atoms with Crippen molar-refractivity contribution in [3.63, 3.8) is 0 Å². The maximum atomic E-state index is 11.9. The van der Waals surface area contributed by atoms with Gasteiger partial charge in [-0.3, -0.25) is 9.36 Å². The number of nitrogens with one attached hydrogen (secondary N) is 1. The predicted octanol–water partition coefficient (Wildman–Crippen LogP) is 0.473. The molecule has 2 aromatic rings. The molecule has 0 radical (unpaired) electrons. The summed E-state index contributed by atoms with van der Waals surface area (Å²) < 4.78 is 6.33. The largest absolute Gasteiger partial charge is 0.495 e. The Balaban J connectivity index is 2.14. The molecular weight excluding hydrogens is 260 g/mol. The number of carbonyl (C=O) groups is 1. The average Bonchev–Trinajstić information content (AvgIpc) is 2.41. The number of methoxy groups -OCH3 is 1. The fourth-order valence-corrected chi connectivity index (χ4v) is 1.68. The van der Waals surface area contributed by atoms with Crippen LogP contribution in [0.3, 0.4) is 0 Å². The van der Waals surface area contributed by atoms with Crippen LogP contribution in [0.5, 0.6) is 5.75 Å². The number of benzene rings is 1. The number of aromatic nitrogens is 2. The summed E-state index contributed by atoms with van der Waals surface area (Å²) in [5.41, 5.74) is 6.13. The number of hydrogen-bond acceptors (Lipinski definition) is 5. The Kier molecular flexibility index (Phi) is 3.99. The van der Waals surface area contributed by atoms with E-state index in [2.05, 4.69) is 10.3 Å². The van der Waals surface area contributed by atoms with E-state index < -0.39 is 5.69 Å². The van der Waals surface area contributed by atoms with Crippen molar-refractivity contribution < 1.29 is 9.53 Å². The lowest BCUT2D eigenvalue weighted by molar-refractivity contribution is -0.116. The lowest BCUT2D eigenvalue weighted by Gasteiger charge is -2.11. The molecule has 1 aromatic carbocycles. The van der Waals surface area contributed by atoms with Crippen molar-refractivity contribution >= 4 is 17.3 Å². The van der Waals surface area contributed by atoms with Gasteiger partial charge in [-0.25, -0.2) is 9.78 Å². The SMILES string of the molecule is COc1ccc(N)cc1NC(=O)Cn1cccnc1=O. The number of nitrogen functional groups attached to an aromatic ring is 1. The van der Waals surface area contributed by atoms with Crippen molar-refractivity contribution in [3.8, 4) is 5.75 Å². The van der Waals surface area contributed by atoms with Crippen LogP contribution in [-0.2, 0) is 11.3 Å². The van der Waals surface area contributed by atoms with Crippen LogP contribution in [-0.4, -0.2) is 22.6 Å². The summed E-state index contributed by atoms with van der Waals surface area (Å²) in [5.74, 6) is 0.120. The summed E-state index contributed by atoms with van der Waals surface area (Å²) in [7, 11) is 1.49. The zero-order chi connectivity index (χ0) is 14.5. The van der Waals surface area contributed by atoms with Crippen LogP contribution in [0, 0.1) is 0 Å². The third-order valence-corrected chi connectivity index (χ3v) is 2.59. The number of carbonyl (C=O) groups excluding carboxylic acids is 1. The van der Waals surface area contributed by atoms with Crippen LogP contribution in [0.25, 0.3) is 0 Å². The first-order chi connectivity index (χ1) is 9.60. The Labute approximate surface area is 115 Å². The zero-order valence-electron chi connectivity index (χ0n) is 10.9. The van der Waals surface area contributed by atoms with Crippen molar-refractivity contribution in [1.29, 1.82) is 0 Å². The third kappa shape index (κ3) is 3.14. The average molecular weight is 274 g/mol. The van der Waals surface area contributed by atoms with Gasteiger partial charge in [-0.2, -0.15) is 0 Å². The van der Waals surface area contributed by atoms with Gasteiger partial charge in [0, 0.05) is 18.1 Å². The minimum atomic E-state index is -0.484. The van der Waals surface area contributed by atoms with Gasteiger partial charge >= 0.3 is 5.69 Å². The summed E-state index contributed by atoms with van der Waals surface area (Å²) in [6, 6.07) is 6.49. The quantitative estimate of drug-likeness (QED) is 0.790. The van der Waals surface area contributed by atoms with Crippen LogP contribution in [0.4, 0.5) is 11.4 Å². The van der Waals surface area contributed by atoms with Crippen molar-refractivity contribution in [2.75, 3.05) is 18.2 Å². The molecule has 0 saturated heterocycles. The number of nitrogens with two attached hydrogens (primary N) is 1. The van der Waals surface area contributed by atoms with Gasteiger partial charge in [-0.1, -0.05) is 0 Å². The molecule has 0 aliphatic carbocycles. The fourth-order valence-electron chi connectivity index (χ4n) is 1.68. The van der Waals surface area contributed by atoms with Gasteiger partial charge < -0.3 is 15.8 Å². The molecule has 0 saturated carbocycles. The minimum absolute atomic E-state index is 0.134. The van der Waals surface area contributed by atoms with E-state index in [-0.39, 0.29) is 12.5 Å². The highest BCUT2D eigenvalue weighted by Crippen LogP contribution is 2.26. The van der Waals surface area contributed by atoms with E-state index in [1.54, 1.807) is 24.3 Å². The van der Waals surface area contributed by atoms with Gasteiger partial charge in [0.15, 0.2) is 0 Å². The molecule has 7 heteroatoms. The monoisotopic (exact) mass is 274 g/mol. The van der Waals surface area contributed by atoms with E-state index in [0.29, 0.717) is 17.1 Å². The Bertz CT molecular complexity index is 681. The molecule has 0 unspecified atom stereocenters. The molecule has 0 spiro atoms. The molecule has 0 atom stereocenters. The molecule has 3 N–H and O–H groups in total. The first kappa shape index (κ1) is 13.6. The van der Waals surface area contributed by atoms with Crippen molar-refractivity contribution in [3.05, 3.63) is 47.1 Å². The standard InChI is InChI=1S/C13H14N4O3/c1-20-11-4-3-9(14)7-10(11)16-12(18)8-17-6-2-5-15-13(17)19/h2-7H,8,14H2,1H3,(H,16,18). The van der Waals surface area contributed by atoms with Crippen molar-refractivity contribution in [2.24, 2.45) is 0 Å². The van der Waals surface area contributed by atoms with Gasteiger partial charge in [0.05, 0.1) is 12.8 Å². The number of ether oxygens (including phenoxy) is 1. The minimum Gasteiger partial charge on any atom is -0.495 e. The smallest absolute Gasteiger partial charge is 0.347 e. The molecule has 0 bridgehead atoms. The summed E-state index contributed by atoms with van der Waals surface area (Å²) in [6.45, 7) is -0.134. The molecule has 1 heterocycles. The summed E-state index contributed by atoms with van der Waals surface area (Å²) in [5, 5.41) is 2.65. The molecule has 1 aromatic heterocycles. The van der Waals surface area contributed by atoms with Crippen LogP contribution >= 0.6 is 0 Å². The first-order valence-electron chi connectivity index (χ1n) is 5.85. The van der Waals surface area contributed by atoms with E-state index in [1.807, 2.05) is 0 Å². The molecule has 7 nitrogen and oxygen atoms in total. The molecule has 1 amide bonds. The second kappa shape index (κ2) is 5.87. The Morgan fingerprint density at radius 3 is 3.00 bits per heavy atom. The summed E-state index contributed by atoms with van der Waals surface area (Å²) >= 11 is 0. The molecule has 2 rings (SSSR count). The van der Waals surface area contributed by atoms with Crippen LogP contribution < -0.4 is 21.5 Å². The number of rotatable bonds is 4. The first-order valence-corrected chi connectivity index (χ1v) is 5.85. The maximum absolute atomic E-state index is 11.9. The summed E-state index contributed by atoms with van der Waals surface area (Å²) in [6.07, 6.45) is 2.86. The highest BCUT2D eigenvalue weighted by Gasteiger charge is 2.09. The van der Waals surface area contributed by atoms with Gasteiger partial charge in [-0.15, -0.1) is 0 Å². The zero-order valence-corrected chi connectivity index (χ0v) is 10.9. The highest BCUT2D eigenvalue weighted by atomic mass is 16.5. The Morgan fingerprint density at radius 1 is 1.50 bits per heavy atom. The number of amides is 1. The second-order valence-electron chi connectivity index (χ2n) is 4.04. The molecule has 20 heavy (non-hydrogen) atoms. The van der Waals surface area contributed by atoms with Gasteiger partial charge in [0.1, 0.15) is 12.3 Å². The Morgan fingerprint density at radius 2 is 2.30 bits per heavy atom. The topological polar surface area (TPSA) is 99.2 Å². The molecule has 104 valence electrons. The fraction of sp³-hybridized carbons (Fsp3) is 0.154. The molecule has 0 fully saturated rings. The molecular formula is C13H14N4O3. The number of anilines is 2. The van der Waals surface area contributed by atoms with E-state index in [9.17, 15) is 9.59 Å².